The van der Waals surface area contributed by atoms with Gasteiger partial charge in [-0.05, 0) is 27.1 Å². The Balaban J connectivity index is 0.00000118. The van der Waals surface area contributed by atoms with Gasteiger partial charge in [0.1, 0.15) is 0 Å². The highest BCUT2D eigenvalue weighted by atomic mass is 16.5. The molecule has 0 unspecified atom stereocenters. The molecule has 0 fully saturated rings. The van der Waals surface area contributed by atoms with Crippen LogP contribution in [0.5, 0.6) is 11.8 Å². The summed E-state index contributed by atoms with van der Waals surface area (Å²) in [5, 5.41) is 10.5. The number of amides is 1. The molecule has 4 N–H and O–H groups in total. The maximum absolute atomic E-state index is 11.4. The summed E-state index contributed by atoms with van der Waals surface area (Å²) in [6.45, 7) is 2.72. The number of aliphatic carboxylic acids is 1. The lowest BCUT2D eigenvalue weighted by Gasteiger charge is -2.13. The van der Waals surface area contributed by atoms with Crippen LogP contribution in [-0.4, -0.2) is 73.3 Å². The second-order valence-corrected chi connectivity index (χ2v) is 4.91. The highest BCUT2D eigenvalue weighted by Gasteiger charge is 2.20. The number of carbonyl (C=O) groups excluding carboxylic acids is 1. The number of rotatable bonds is 8. The lowest BCUT2D eigenvalue weighted by atomic mass is 10.3. The third-order valence-corrected chi connectivity index (χ3v) is 2.54. The van der Waals surface area contributed by atoms with Gasteiger partial charge in [0.2, 0.25) is 17.7 Å². The Morgan fingerprint density at radius 1 is 1.21 bits per heavy atom. The predicted molar refractivity (Wildman–Crippen MR) is 88.6 cm³/mol. The lowest BCUT2D eigenvalue weighted by molar-refractivity contribution is -0.134. The fourth-order valence-electron chi connectivity index (χ4n) is 1.60. The van der Waals surface area contributed by atoms with Gasteiger partial charge in [0.15, 0.2) is 5.56 Å². The number of carboxylic acid groups (broad SMARTS) is 1. The van der Waals surface area contributed by atoms with Gasteiger partial charge >= 0.3 is 0 Å². The van der Waals surface area contributed by atoms with E-state index in [2.05, 4.69) is 20.2 Å². The van der Waals surface area contributed by atoms with Gasteiger partial charge in [-0.25, -0.2) is 0 Å². The number of primary amides is 1. The molecule has 10 heteroatoms. The van der Waals surface area contributed by atoms with Crippen molar-refractivity contribution in [1.29, 1.82) is 0 Å². The van der Waals surface area contributed by atoms with Crippen LogP contribution in [0.4, 0.5) is 5.95 Å². The summed E-state index contributed by atoms with van der Waals surface area (Å²) in [5.41, 5.74) is 5.30. The van der Waals surface area contributed by atoms with Crippen LogP contribution >= 0.6 is 0 Å². The van der Waals surface area contributed by atoms with Gasteiger partial charge in [0.05, 0.1) is 14.2 Å². The number of methoxy groups -OCH3 is 2. The monoisotopic (exact) mass is 343 g/mol. The van der Waals surface area contributed by atoms with Gasteiger partial charge < -0.3 is 30.5 Å². The number of hydrogen-bond donors (Lipinski definition) is 3. The molecular weight excluding hydrogens is 318 g/mol. The molecule has 1 heterocycles. The van der Waals surface area contributed by atoms with Crippen LogP contribution in [0.15, 0.2) is 0 Å². The number of ether oxygens (including phenoxy) is 2. The van der Waals surface area contributed by atoms with Crippen molar-refractivity contribution >= 4 is 17.8 Å². The first-order valence-electron chi connectivity index (χ1n) is 7.10. The van der Waals surface area contributed by atoms with Crippen LogP contribution in [0.1, 0.15) is 23.7 Å². The summed E-state index contributed by atoms with van der Waals surface area (Å²) in [6.07, 6.45) is 0.929. The van der Waals surface area contributed by atoms with Crippen molar-refractivity contribution in [3.8, 4) is 11.8 Å². The number of nitrogens with one attached hydrogen (secondary N) is 1. The van der Waals surface area contributed by atoms with Crippen molar-refractivity contribution in [3.63, 3.8) is 0 Å². The molecule has 1 rings (SSSR count). The van der Waals surface area contributed by atoms with Gasteiger partial charge in [-0.2, -0.15) is 9.97 Å². The van der Waals surface area contributed by atoms with Gasteiger partial charge in [-0.1, -0.05) is 0 Å². The smallest absolute Gasteiger partial charge is 0.300 e. The Hall–Kier alpha value is -2.62. The molecule has 0 radical (unpaired) electrons. The Kier molecular flexibility index (Phi) is 9.80. The second kappa shape index (κ2) is 11.0. The topological polar surface area (TPSA) is 140 Å². The van der Waals surface area contributed by atoms with Crippen LogP contribution in [0.25, 0.3) is 0 Å². The quantitative estimate of drug-likeness (QED) is 0.558. The van der Waals surface area contributed by atoms with Gasteiger partial charge in [0, 0.05) is 13.5 Å². The van der Waals surface area contributed by atoms with Crippen molar-refractivity contribution in [2.75, 3.05) is 46.7 Å². The molecule has 0 aliphatic heterocycles. The number of nitrogens with zero attached hydrogens (tertiary/aromatic N) is 3. The third kappa shape index (κ3) is 8.13. The average Bonchev–Trinajstić information content (AvgIpc) is 2.49. The first-order valence-corrected chi connectivity index (χ1v) is 7.10. The van der Waals surface area contributed by atoms with E-state index in [0.717, 1.165) is 19.9 Å². The van der Waals surface area contributed by atoms with Crippen molar-refractivity contribution in [1.82, 2.24) is 14.9 Å². The largest absolute Gasteiger partial charge is 0.481 e. The molecule has 1 aromatic rings. The Morgan fingerprint density at radius 3 is 2.00 bits per heavy atom. The van der Waals surface area contributed by atoms with E-state index in [1.54, 1.807) is 0 Å². The van der Waals surface area contributed by atoms with E-state index < -0.39 is 11.9 Å². The van der Waals surface area contributed by atoms with Crippen LogP contribution in [0.3, 0.4) is 0 Å². The zero-order valence-electron chi connectivity index (χ0n) is 14.6. The summed E-state index contributed by atoms with van der Waals surface area (Å²) in [6, 6.07) is 0. The van der Waals surface area contributed by atoms with Crippen molar-refractivity contribution < 1.29 is 24.2 Å². The maximum atomic E-state index is 11.4. The van der Waals surface area contributed by atoms with Crippen LogP contribution in [-0.2, 0) is 4.79 Å². The molecule has 0 saturated carbocycles. The number of nitrogens with two attached hydrogens (primary N) is 1. The second-order valence-electron chi connectivity index (χ2n) is 4.91. The zero-order valence-corrected chi connectivity index (χ0v) is 14.6. The van der Waals surface area contributed by atoms with Crippen molar-refractivity contribution in [2.24, 2.45) is 5.73 Å². The SMILES string of the molecule is CC(=O)O.COc1nc(NCCCN(C)C)nc(OC)c1C(N)=O. The molecule has 10 nitrogen and oxygen atoms in total. The maximum Gasteiger partial charge on any atom is 0.300 e. The number of carbonyl (C=O) groups is 2. The van der Waals surface area contributed by atoms with E-state index >= 15 is 0 Å². The first kappa shape index (κ1) is 21.4. The fraction of sp³-hybridized carbons (Fsp3) is 0.571. The summed E-state index contributed by atoms with van der Waals surface area (Å²) < 4.78 is 10.1. The number of hydrogen-bond acceptors (Lipinski definition) is 8. The highest BCUT2D eigenvalue weighted by Crippen LogP contribution is 2.25. The van der Waals surface area contributed by atoms with E-state index in [-0.39, 0.29) is 17.3 Å². The highest BCUT2D eigenvalue weighted by molar-refractivity contribution is 5.97. The molecule has 0 aliphatic rings. The Morgan fingerprint density at radius 2 is 1.67 bits per heavy atom. The summed E-state index contributed by atoms with van der Waals surface area (Å²) >= 11 is 0. The molecule has 1 amide bonds. The van der Waals surface area contributed by atoms with Gasteiger partial charge in [0.25, 0.3) is 11.9 Å². The molecule has 0 atom stereocenters. The molecule has 136 valence electrons. The number of aromatic nitrogens is 2. The zero-order chi connectivity index (χ0) is 18.7. The van der Waals surface area contributed by atoms with Crippen molar-refractivity contribution in [3.05, 3.63) is 5.56 Å². The minimum absolute atomic E-state index is 0.0360. The molecule has 0 aromatic carbocycles. The molecular formula is C14H25N5O5. The van der Waals surface area contributed by atoms with Gasteiger partial charge in [-0.15, -0.1) is 0 Å². The summed E-state index contributed by atoms with van der Waals surface area (Å²) in [5.74, 6) is -1.00. The van der Waals surface area contributed by atoms with E-state index in [1.165, 1.54) is 14.2 Å². The lowest BCUT2D eigenvalue weighted by Crippen LogP contribution is -2.19. The van der Waals surface area contributed by atoms with Crippen molar-refractivity contribution in [2.45, 2.75) is 13.3 Å². The van der Waals surface area contributed by atoms with E-state index in [4.69, 9.17) is 25.1 Å². The third-order valence-electron chi connectivity index (χ3n) is 2.54. The minimum Gasteiger partial charge on any atom is -0.481 e. The summed E-state index contributed by atoms with van der Waals surface area (Å²) in [4.78, 5) is 30.6. The molecule has 0 spiro atoms. The number of anilines is 1. The normalized spacial score (nSPS) is 9.75. The fourth-order valence-corrected chi connectivity index (χ4v) is 1.60. The molecule has 0 saturated heterocycles. The predicted octanol–water partition coefficient (Wildman–Crippen LogP) is 0.0472. The van der Waals surface area contributed by atoms with Crippen LogP contribution in [0.2, 0.25) is 0 Å². The van der Waals surface area contributed by atoms with Crippen LogP contribution in [0, 0.1) is 0 Å². The minimum atomic E-state index is -0.833. The summed E-state index contributed by atoms with van der Waals surface area (Å²) in [7, 11) is 6.82. The molecule has 0 bridgehead atoms. The average molecular weight is 343 g/mol. The van der Waals surface area contributed by atoms with E-state index in [9.17, 15) is 4.79 Å². The van der Waals surface area contributed by atoms with E-state index in [0.29, 0.717) is 12.5 Å². The number of carboxylic acids is 1. The van der Waals surface area contributed by atoms with Crippen LogP contribution < -0.4 is 20.5 Å². The molecule has 0 aliphatic carbocycles. The molecule has 1 aromatic heterocycles. The Bertz CT molecular complexity index is 521. The standard InChI is InChI=1S/C12H21N5O3.C2H4O2/c1-17(2)7-5-6-14-12-15-10(19-3)8(9(13)18)11(16-12)20-4;1-2(3)4/h5-7H2,1-4H3,(H2,13,18)(H,14,15,16);1H3,(H,3,4). The molecule has 24 heavy (non-hydrogen) atoms. The Labute approximate surface area is 141 Å². The van der Waals surface area contributed by atoms with Gasteiger partial charge in [-0.3, -0.25) is 9.59 Å². The first-order chi connectivity index (χ1) is 11.2. The van der Waals surface area contributed by atoms with E-state index in [1.807, 2.05) is 14.1 Å².